The molecule has 1 aromatic carbocycles. The van der Waals surface area contributed by atoms with E-state index in [-0.39, 0.29) is 5.91 Å². The van der Waals surface area contributed by atoms with Gasteiger partial charge in [0, 0.05) is 24.3 Å². The number of carbonyl (C=O) groups is 1. The predicted molar refractivity (Wildman–Crippen MR) is 61.7 cm³/mol. The maximum Gasteiger partial charge on any atom is 0.251 e. The lowest BCUT2D eigenvalue weighted by Crippen LogP contribution is -2.31. The highest BCUT2D eigenvalue weighted by Crippen LogP contribution is 2.04. The third-order valence-electron chi connectivity index (χ3n) is 2.01. The van der Waals surface area contributed by atoms with Crippen LogP contribution in [0.2, 0.25) is 0 Å². The molecule has 0 atom stereocenters. The monoisotopic (exact) mass is 207 g/mol. The lowest BCUT2D eigenvalue weighted by atomic mass is 10.2. The summed E-state index contributed by atoms with van der Waals surface area (Å²) in [6, 6.07) is 6.88. The first-order valence-electron chi connectivity index (χ1n) is 5.08. The van der Waals surface area contributed by atoms with Crippen LogP contribution in [0.4, 0.5) is 5.69 Å². The van der Waals surface area contributed by atoms with Gasteiger partial charge in [0.05, 0.1) is 0 Å². The average molecular weight is 207 g/mol. The highest BCUT2D eigenvalue weighted by molar-refractivity contribution is 5.94. The maximum atomic E-state index is 11.5. The third-order valence-corrected chi connectivity index (χ3v) is 2.01. The van der Waals surface area contributed by atoms with Gasteiger partial charge in [0.25, 0.3) is 5.91 Å². The predicted octanol–water partition coefficient (Wildman–Crippen LogP) is 0.608. The van der Waals surface area contributed by atoms with Crippen LogP contribution >= 0.6 is 0 Å². The minimum atomic E-state index is -0.0621. The molecule has 0 saturated carbocycles. The van der Waals surface area contributed by atoms with E-state index in [9.17, 15) is 4.79 Å². The summed E-state index contributed by atoms with van der Waals surface area (Å²) in [7, 11) is 0. The number of anilines is 1. The summed E-state index contributed by atoms with van der Waals surface area (Å²) in [6.07, 6.45) is 0. The minimum absolute atomic E-state index is 0.0621. The molecule has 1 amide bonds. The van der Waals surface area contributed by atoms with E-state index in [4.69, 9.17) is 5.73 Å². The van der Waals surface area contributed by atoms with Gasteiger partial charge in [-0.3, -0.25) is 4.79 Å². The lowest BCUT2D eigenvalue weighted by Gasteiger charge is -2.05. The Bertz CT molecular complexity index is 308. The molecule has 0 radical (unpaired) electrons. The first-order chi connectivity index (χ1) is 7.24. The van der Waals surface area contributed by atoms with Crippen LogP contribution in [-0.2, 0) is 0 Å². The second-order valence-corrected chi connectivity index (χ2v) is 3.23. The number of amides is 1. The van der Waals surface area contributed by atoms with Crippen molar-refractivity contribution in [2.75, 3.05) is 25.4 Å². The quantitative estimate of drug-likeness (QED) is 0.489. The highest BCUT2D eigenvalue weighted by atomic mass is 16.1. The highest BCUT2D eigenvalue weighted by Gasteiger charge is 2.02. The molecule has 0 spiro atoms. The molecule has 1 aromatic rings. The molecule has 0 aliphatic heterocycles. The number of nitrogen functional groups attached to an aromatic ring is 1. The molecule has 0 bridgehead atoms. The summed E-state index contributed by atoms with van der Waals surface area (Å²) >= 11 is 0. The van der Waals surface area contributed by atoms with Crippen molar-refractivity contribution in [2.45, 2.75) is 6.92 Å². The second kappa shape index (κ2) is 6.03. The van der Waals surface area contributed by atoms with Crippen LogP contribution in [0.25, 0.3) is 0 Å². The van der Waals surface area contributed by atoms with Crippen LogP contribution in [0.5, 0.6) is 0 Å². The van der Waals surface area contributed by atoms with Crippen LogP contribution < -0.4 is 16.4 Å². The van der Waals surface area contributed by atoms with E-state index < -0.39 is 0 Å². The molecule has 82 valence electrons. The largest absolute Gasteiger partial charge is 0.399 e. The maximum absolute atomic E-state index is 11.5. The summed E-state index contributed by atoms with van der Waals surface area (Å²) in [5.41, 5.74) is 6.83. The van der Waals surface area contributed by atoms with Crippen LogP contribution in [0.3, 0.4) is 0 Å². The molecule has 15 heavy (non-hydrogen) atoms. The van der Waals surface area contributed by atoms with Gasteiger partial charge in [-0.2, -0.15) is 0 Å². The molecule has 0 unspecified atom stereocenters. The molecule has 4 heteroatoms. The molecule has 0 saturated heterocycles. The second-order valence-electron chi connectivity index (χ2n) is 3.23. The Morgan fingerprint density at radius 3 is 2.53 bits per heavy atom. The number of nitrogens with one attached hydrogen (secondary N) is 2. The zero-order valence-electron chi connectivity index (χ0n) is 8.92. The van der Waals surface area contributed by atoms with Crippen molar-refractivity contribution in [1.82, 2.24) is 10.6 Å². The summed E-state index contributed by atoms with van der Waals surface area (Å²) in [5, 5.41) is 5.94. The number of rotatable bonds is 5. The number of benzene rings is 1. The minimum Gasteiger partial charge on any atom is -0.399 e. The number of hydrogen-bond donors (Lipinski definition) is 3. The SMILES string of the molecule is CCNCCNC(=O)c1ccc(N)cc1. The molecule has 0 heterocycles. The Morgan fingerprint density at radius 2 is 1.93 bits per heavy atom. The van der Waals surface area contributed by atoms with Crippen molar-refractivity contribution in [1.29, 1.82) is 0 Å². The Balaban J connectivity index is 2.37. The fourth-order valence-electron chi connectivity index (χ4n) is 1.18. The Kier molecular flexibility index (Phi) is 4.63. The summed E-state index contributed by atoms with van der Waals surface area (Å²) in [6.45, 7) is 4.37. The summed E-state index contributed by atoms with van der Waals surface area (Å²) in [5.74, 6) is -0.0621. The van der Waals surface area contributed by atoms with E-state index in [1.165, 1.54) is 0 Å². The molecular weight excluding hydrogens is 190 g/mol. The Morgan fingerprint density at radius 1 is 1.27 bits per heavy atom. The normalized spacial score (nSPS) is 9.93. The first-order valence-corrected chi connectivity index (χ1v) is 5.08. The zero-order chi connectivity index (χ0) is 11.1. The van der Waals surface area contributed by atoms with Crippen molar-refractivity contribution in [2.24, 2.45) is 0 Å². The van der Waals surface area contributed by atoms with Gasteiger partial charge in [-0.15, -0.1) is 0 Å². The Labute approximate surface area is 89.9 Å². The topological polar surface area (TPSA) is 67.1 Å². The van der Waals surface area contributed by atoms with Gasteiger partial charge in [0.1, 0.15) is 0 Å². The van der Waals surface area contributed by atoms with Gasteiger partial charge in [0.15, 0.2) is 0 Å². The molecule has 1 rings (SSSR count). The van der Waals surface area contributed by atoms with E-state index >= 15 is 0 Å². The molecule has 0 aliphatic rings. The van der Waals surface area contributed by atoms with Gasteiger partial charge in [-0.1, -0.05) is 6.92 Å². The fraction of sp³-hybridized carbons (Fsp3) is 0.364. The smallest absolute Gasteiger partial charge is 0.251 e. The van der Waals surface area contributed by atoms with Gasteiger partial charge in [0.2, 0.25) is 0 Å². The molecule has 0 aliphatic carbocycles. The van der Waals surface area contributed by atoms with Gasteiger partial charge in [-0.25, -0.2) is 0 Å². The molecule has 4 N–H and O–H groups in total. The summed E-state index contributed by atoms with van der Waals surface area (Å²) in [4.78, 5) is 11.5. The number of carbonyl (C=O) groups excluding carboxylic acids is 1. The van der Waals surface area contributed by atoms with E-state index in [1.807, 2.05) is 6.92 Å². The van der Waals surface area contributed by atoms with Crippen molar-refractivity contribution in [3.8, 4) is 0 Å². The zero-order valence-corrected chi connectivity index (χ0v) is 8.92. The van der Waals surface area contributed by atoms with Crippen LogP contribution in [0, 0.1) is 0 Å². The van der Waals surface area contributed by atoms with E-state index in [0.717, 1.165) is 13.1 Å². The van der Waals surface area contributed by atoms with Crippen molar-refractivity contribution in [3.05, 3.63) is 29.8 Å². The van der Waals surface area contributed by atoms with Gasteiger partial charge in [-0.05, 0) is 30.8 Å². The third kappa shape index (κ3) is 3.99. The fourth-order valence-corrected chi connectivity index (χ4v) is 1.18. The molecular formula is C11H17N3O. The number of likely N-dealkylation sites (N-methyl/N-ethyl adjacent to an activating group) is 1. The van der Waals surface area contributed by atoms with Gasteiger partial charge >= 0.3 is 0 Å². The summed E-state index contributed by atoms with van der Waals surface area (Å²) < 4.78 is 0. The van der Waals surface area contributed by atoms with E-state index in [2.05, 4.69) is 10.6 Å². The van der Waals surface area contributed by atoms with Crippen molar-refractivity contribution < 1.29 is 4.79 Å². The van der Waals surface area contributed by atoms with E-state index in [0.29, 0.717) is 17.8 Å². The van der Waals surface area contributed by atoms with Crippen LogP contribution in [0.15, 0.2) is 24.3 Å². The van der Waals surface area contributed by atoms with Crippen LogP contribution in [-0.4, -0.2) is 25.5 Å². The molecule has 4 nitrogen and oxygen atoms in total. The van der Waals surface area contributed by atoms with Crippen LogP contribution in [0.1, 0.15) is 17.3 Å². The standard InChI is InChI=1S/C11H17N3O/c1-2-13-7-8-14-11(15)9-3-5-10(12)6-4-9/h3-6,13H,2,7-8,12H2,1H3,(H,14,15). The number of hydrogen-bond acceptors (Lipinski definition) is 3. The van der Waals surface area contributed by atoms with Gasteiger partial charge < -0.3 is 16.4 Å². The van der Waals surface area contributed by atoms with Crippen molar-refractivity contribution >= 4 is 11.6 Å². The molecule has 0 fully saturated rings. The lowest BCUT2D eigenvalue weighted by molar-refractivity contribution is 0.0954. The van der Waals surface area contributed by atoms with E-state index in [1.54, 1.807) is 24.3 Å². The molecule has 0 aromatic heterocycles. The van der Waals surface area contributed by atoms with Crippen molar-refractivity contribution in [3.63, 3.8) is 0 Å². The first kappa shape index (κ1) is 11.5. The average Bonchev–Trinajstić information content (AvgIpc) is 2.25. The Hall–Kier alpha value is -1.55. The number of nitrogens with two attached hydrogens (primary N) is 1.